The van der Waals surface area contributed by atoms with E-state index < -0.39 is 0 Å². The number of carbonyl (C=O) groups excluding carboxylic acids is 1. The van der Waals surface area contributed by atoms with E-state index in [1.807, 2.05) is 97.9 Å². The third-order valence-corrected chi connectivity index (χ3v) is 5.00. The van der Waals surface area contributed by atoms with E-state index in [9.17, 15) is 4.79 Å². The molecule has 2 N–H and O–H groups in total. The fourth-order valence-electron chi connectivity index (χ4n) is 3.38. The minimum absolute atomic E-state index is 0.162. The second-order valence-corrected chi connectivity index (χ2v) is 7.56. The monoisotopic (exact) mass is 426 g/mol. The predicted octanol–water partition coefficient (Wildman–Crippen LogP) is 4.85. The minimum Gasteiger partial charge on any atom is -0.492 e. The van der Waals surface area contributed by atoms with E-state index in [1.54, 1.807) is 6.07 Å². The molecule has 0 radical (unpaired) electrons. The molecule has 0 saturated heterocycles. The number of nitrogens with one attached hydrogen (secondary N) is 2. The van der Waals surface area contributed by atoms with Crippen molar-refractivity contribution in [2.45, 2.75) is 0 Å². The summed E-state index contributed by atoms with van der Waals surface area (Å²) in [5.41, 5.74) is 3.31. The molecule has 0 atom stereocenters. The topological polar surface area (TPSA) is 66.5 Å². The number of rotatable bonds is 8. The van der Waals surface area contributed by atoms with Crippen molar-refractivity contribution < 1.29 is 9.53 Å². The normalized spacial score (nSPS) is 10.6. The highest BCUT2D eigenvalue weighted by atomic mass is 16.5. The largest absolute Gasteiger partial charge is 0.492 e. The van der Waals surface area contributed by atoms with Crippen LogP contribution in [0.3, 0.4) is 0 Å². The van der Waals surface area contributed by atoms with Crippen molar-refractivity contribution in [2.24, 2.45) is 0 Å². The lowest BCUT2D eigenvalue weighted by Gasteiger charge is -2.15. The number of anilines is 3. The molecule has 3 aromatic carbocycles. The van der Waals surface area contributed by atoms with Crippen LogP contribution in [-0.2, 0) is 0 Å². The third kappa shape index (κ3) is 5.16. The molecule has 0 bridgehead atoms. The van der Waals surface area contributed by atoms with Gasteiger partial charge in [-0.25, -0.2) is 4.98 Å². The third-order valence-electron chi connectivity index (χ3n) is 5.00. The first-order valence-corrected chi connectivity index (χ1v) is 10.5. The molecule has 1 heterocycles. The van der Waals surface area contributed by atoms with Crippen LogP contribution >= 0.6 is 0 Å². The van der Waals surface area contributed by atoms with E-state index in [4.69, 9.17) is 9.72 Å². The van der Waals surface area contributed by atoms with E-state index in [0.717, 1.165) is 28.0 Å². The van der Waals surface area contributed by atoms with Crippen molar-refractivity contribution in [1.82, 2.24) is 10.3 Å². The average Bonchev–Trinajstić information content (AvgIpc) is 2.82. The summed E-state index contributed by atoms with van der Waals surface area (Å²) in [4.78, 5) is 19.7. The van der Waals surface area contributed by atoms with E-state index in [2.05, 4.69) is 10.6 Å². The molecule has 32 heavy (non-hydrogen) atoms. The molecule has 0 spiro atoms. The van der Waals surface area contributed by atoms with E-state index >= 15 is 0 Å². The van der Waals surface area contributed by atoms with Gasteiger partial charge in [0.1, 0.15) is 18.2 Å². The van der Waals surface area contributed by atoms with Gasteiger partial charge in [0.25, 0.3) is 5.91 Å². The lowest BCUT2D eigenvalue weighted by atomic mass is 10.1. The zero-order valence-electron chi connectivity index (χ0n) is 18.2. The second-order valence-electron chi connectivity index (χ2n) is 7.56. The Morgan fingerprint density at radius 3 is 2.53 bits per heavy atom. The van der Waals surface area contributed by atoms with E-state index in [1.165, 1.54) is 0 Å². The first-order chi connectivity index (χ1) is 15.6. The van der Waals surface area contributed by atoms with Gasteiger partial charge in [-0.2, -0.15) is 0 Å². The molecule has 162 valence electrons. The number of hydrogen-bond acceptors (Lipinski definition) is 5. The number of para-hydroxylation sites is 2. The highest BCUT2D eigenvalue weighted by Crippen LogP contribution is 2.25. The number of hydrogen-bond donors (Lipinski definition) is 2. The molecule has 6 nitrogen and oxygen atoms in total. The fraction of sp³-hybridized carbons (Fsp3) is 0.154. The smallest absolute Gasteiger partial charge is 0.252 e. The van der Waals surface area contributed by atoms with Crippen LogP contribution in [0.15, 0.2) is 84.9 Å². The van der Waals surface area contributed by atoms with Gasteiger partial charge in [-0.3, -0.25) is 4.79 Å². The first-order valence-electron chi connectivity index (χ1n) is 10.5. The van der Waals surface area contributed by atoms with Gasteiger partial charge < -0.3 is 20.3 Å². The second kappa shape index (κ2) is 9.83. The SMILES string of the molecule is CN(C)c1cccc(Nc2cc(C(=O)NCCOc3ccccc3)c3ccccc3n2)c1. The molecule has 1 aromatic heterocycles. The quantitative estimate of drug-likeness (QED) is 0.394. The molecule has 0 fully saturated rings. The summed E-state index contributed by atoms with van der Waals surface area (Å²) < 4.78 is 5.67. The minimum atomic E-state index is -0.162. The van der Waals surface area contributed by atoms with Gasteiger partial charge in [-0.15, -0.1) is 0 Å². The summed E-state index contributed by atoms with van der Waals surface area (Å²) in [6.45, 7) is 0.791. The summed E-state index contributed by atoms with van der Waals surface area (Å²) in [7, 11) is 3.99. The van der Waals surface area contributed by atoms with Gasteiger partial charge in [-0.1, -0.05) is 42.5 Å². The molecular weight excluding hydrogens is 400 g/mol. The van der Waals surface area contributed by atoms with Crippen molar-refractivity contribution in [3.05, 3.63) is 90.5 Å². The Morgan fingerprint density at radius 2 is 1.72 bits per heavy atom. The molecule has 0 saturated carbocycles. The number of nitrogens with zero attached hydrogens (tertiary/aromatic N) is 2. The summed E-state index contributed by atoms with van der Waals surface area (Å²) in [5, 5.41) is 7.09. The molecule has 4 aromatic rings. The Morgan fingerprint density at radius 1 is 0.938 bits per heavy atom. The summed E-state index contributed by atoms with van der Waals surface area (Å²) in [6.07, 6.45) is 0. The molecule has 0 unspecified atom stereocenters. The maximum absolute atomic E-state index is 13.0. The highest BCUT2D eigenvalue weighted by molar-refractivity contribution is 6.07. The average molecular weight is 427 g/mol. The Labute approximate surface area is 187 Å². The standard InChI is InChI=1S/C26H26N4O2/c1-30(2)20-10-8-9-19(17-20)28-25-18-23(22-13-6-7-14-24(22)29-25)26(31)27-15-16-32-21-11-4-3-5-12-21/h3-14,17-18H,15-16H2,1-2H3,(H,27,31)(H,28,29). The number of fused-ring (bicyclic) bond motifs is 1. The van der Waals surface area contributed by atoms with Crippen LogP contribution in [-0.4, -0.2) is 38.1 Å². The van der Waals surface area contributed by atoms with Gasteiger partial charge in [-0.05, 0) is 42.5 Å². The Kier molecular flexibility index (Phi) is 6.51. The van der Waals surface area contributed by atoms with Crippen molar-refractivity contribution in [2.75, 3.05) is 37.5 Å². The Balaban J connectivity index is 1.51. The Hall–Kier alpha value is -4.06. The number of aromatic nitrogens is 1. The number of ether oxygens (including phenoxy) is 1. The molecule has 6 heteroatoms. The number of carbonyl (C=O) groups is 1. The number of pyridine rings is 1. The van der Waals surface area contributed by atoms with Crippen LogP contribution in [0.4, 0.5) is 17.2 Å². The highest BCUT2D eigenvalue weighted by Gasteiger charge is 2.13. The Bertz CT molecular complexity index is 1210. The number of benzene rings is 3. The van der Waals surface area contributed by atoms with Crippen LogP contribution in [0, 0.1) is 0 Å². The van der Waals surface area contributed by atoms with Crippen molar-refractivity contribution in [1.29, 1.82) is 0 Å². The first kappa shape index (κ1) is 21.2. The van der Waals surface area contributed by atoms with Crippen LogP contribution in [0.1, 0.15) is 10.4 Å². The molecule has 0 aliphatic carbocycles. The van der Waals surface area contributed by atoms with Gasteiger partial charge in [0.05, 0.1) is 17.6 Å². The summed E-state index contributed by atoms with van der Waals surface area (Å²) in [5.74, 6) is 1.23. The van der Waals surface area contributed by atoms with Gasteiger partial charge in [0, 0.05) is 30.9 Å². The molecule has 0 aliphatic rings. The number of amides is 1. The van der Waals surface area contributed by atoms with Gasteiger partial charge in [0.15, 0.2) is 0 Å². The maximum Gasteiger partial charge on any atom is 0.252 e. The van der Waals surface area contributed by atoms with Crippen LogP contribution in [0.5, 0.6) is 5.75 Å². The van der Waals surface area contributed by atoms with Crippen LogP contribution in [0.2, 0.25) is 0 Å². The molecule has 1 amide bonds. The summed E-state index contributed by atoms with van der Waals surface area (Å²) >= 11 is 0. The zero-order chi connectivity index (χ0) is 22.3. The van der Waals surface area contributed by atoms with Crippen molar-refractivity contribution in [3.8, 4) is 5.75 Å². The lowest BCUT2D eigenvalue weighted by Crippen LogP contribution is -2.28. The summed E-state index contributed by atoms with van der Waals surface area (Å²) in [6, 6.07) is 27.0. The van der Waals surface area contributed by atoms with E-state index in [0.29, 0.717) is 24.5 Å². The van der Waals surface area contributed by atoms with E-state index in [-0.39, 0.29) is 5.91 Å². The lowest BCUT2D eigenvalue weighted by molar-refractivity contribution is 0.0948. The zero-order valence-corrected chi connectivity index (χ0v) is 18.2. The molecular formula is C26H26N4O2. The van der Waals surface area contributed by atoms with Crippen molar-refractivity contribution >= 4 is 34.0 Å². The fourth-order valence-corrected chi connectivity index (χ4v) is 3.38. The molecule has 4 rings (SSSR count). The molecule has 0 aliphatic heterocycles. The van der Waals surface area contributed by atoms with Crippen LogP contribution < -0.4 is 20.3 Å². The van der Waals surface area contributed by atoms with Crippen LogP contribution in [0.25, 0.3) is 10.9 Å². The van der Waals surface area contributed by atoms with Crippen molar-refractivity contribution in [3.63, 3.8) is 0 Å². The van der Waals surface area contributed by atoms with Gasteiger partial charge in [0.2, 0.25) is 0 Å². The maximum atomic E-state index is 13.0. The van der Waals surface area contributed by atoms with Gasteiger partial charge >= 0.3 is 0 Å². The predicted molar refractivity (Wildman–Crippen MR) is 130 cm³/mol.